The first kappa shape index (κ1) is 17.1. The Labute approximate surface area is 149 Å². The molecule has 2 aromatic rings. The summed E-state index contributed by atoms with van der Waals surface area (Å²) >= 11 is 10.1. The molecule has 21 heavy (non-hydrogen) atoms. The van der Waals surface area contributed by atoms with Crippen molar-refractivity contribution in [3.63, 3.8) is 0 Å². The highest BCUT2D eigenvalue weighted by atomic mass is 79.9. The summed E-state index contributed by atoms with van der Waals surface area (Å²) in [6.07, 6.45) is 0. The van der Waals surface area contributed by atoms with Gasteiger partial charge in [-0.25, -0.2) is 8.42 Å². The van der Waals surface area contributed by atoms with Gasteiger partial charge in [0, 0.05) is 27.0 Å². The third kappa shape index (κ3) is 3.96. The van der Waals surface area contributed by atoms with Crippen LogP contribution in [0, 0.1) is 0 Å². The van der Waals surface area contributed by atoms with Crippen molar-refractivity contribution in [1.82, 2.24) is 4.31 Å². The van der Waals surface area contributed by atoms with Crippen molar-refractivity contribution in [1.29, 1.82) is 0 Å². The van der Waals surface area contributed by atoms with Crippen molar-refractivity contribution >= 4 is 57.8 Å². The van der Waals surface area contributed by atoms with Gasteiger partial charge in [-0.3, -0.25) is 0 Å². The lowest BCUT2D eigenvalue weighted by Gasteiger charge is -2.19. The Kier molecular flexibility index (Phi) is 5.65. The first-order valence-electron chi connectivity index (χ1n) is 5.97. The Bertz CT molecular complexity index is 763. The van der Waals surface area contributed by atoms with Crippen molar-refractivity contribution in [3.05, 3.63) is 61.4 Å². The van der Waals surface area contributed by atoms with Crippen LogP contribution in [-0.2, 0) is 16.6 Å². The van der Waals surface area contributed by atoms with Crippen LogP contribution in [0.15, 0.2) is 60.8 Å². The number of nitrogens with zero attached hydrogens (tertiary/aromatic N) is 1. The highest BCUT2D eigenvalue weighted by Crippen LogP contribution is 2.29. The van der Waals surface area contributed by atoms with E-state index in [2.05, 4.69) is 47.8 Å². The number of hydrogen-bond acceptors (Lipinski definition) is 2. The summed E-state index contributed by atoms with van der Waals surface area (Å²) in [5.41, 5.74) is 0.914. The van der Waals surface area contributed by atoms with Gasteiger partial charge in [0.05, 0.1) is 4.90 Å². The SMILES string of the molecule is CN(Cc1ccccc1Br)S(=O)(=O)c1ccc(Br)cc1Br. The minimum atomic E-state index is -3.56. The van der Waals surface area contributed by atoms with Gasteiger partial charge >= 0.3 is 0 Å². The van der Waals surface area contributed by atoms with Crippen LogP contribution in [0.3, 0.4) is 0 Å². The van der Waals surface area contributed by atoms with E-state index < -0.39 is 10.0 Å². The van der Waals surface area contributed by atoms with Gasteiger partial charge in [0.15, 0.2) is 0 Å². The second-order valence-corrected chi connectivity index (χ2v) is 9.06. The largest absolute Gasteiger partial charge is 0.244 e. The van der Waals surface area contributed by atoms with Gasteiger partial charge in [0.25, 0.3) is 0 Å². The van der Waals surface area contributed by atoms with Crippen LogP contribution in [0.1, 0.15) is 5.56 Å². The average Bonchev–Trinajstić information content (AvgIpc) is 2.40. The minimum Gasteiger partial charge on any atom is -0.207 e. The monoisotopic (exact) mass is 495 g/mol. The van der Waals surface area contributed by atoms with Crippen molar-refractivity contribution in [3.8, 4) is 0 Å². The Morgan fingerprint density at radius 2 is 1.67 bits per heavy atom. The standard InChI is InChI=1S/C14H12Br3NO2S/c1-18(9-10-4-2-3-5-12(10)16)21(19,20)14-7-6-11(15)8-13(14)17/h2-8H,9H2,1H3. The second-order valence-electron chi connectivity index (χ2n) is 4.43. The molecule has 0 radical (unpaired) electrons. The van der Waals surface area contributed by atoms with Crippen LogP contribution >= 0.6 is 47.8 Å². The smallest absolute Gasteiger partial charge is 0.207 e. The van der Waals surface area contributed by atoms with Crippen molar-refractivity contribution in [2.75, 3.05) is 7.05 Å². The zero-order valence-corrected chi connectivity index (χ0v) is 16.6. The molecule has 0 atom stereocenters. The normalized spacial score (nSPS) is 11.9. The Hall–Kier alpha value is -0.210. The van der Waals surface area contributed by atoms with Gasteiger partial charge < -0.3 is 0 Å². The molecule has 2 aromatic carbocycles. The van der Waals surface area contributed by atoms with E-state index >= 15 is 0 Å². The van der Waals surface area contributed by atoms with Crippen LogP contribution in [0.5, 0.6) is 0 Å². The van der Waals surface area contributed by atoms with E-state index in [0.29, 0.717) is 11.0 Å². The predicted molar refractivity (Wildman–Crippen MR) is 94.6 cm³/mol. The molecule has 0 spiro atoms. The molecule has 2 rings (SSSR count). The van der Waals surface area contributed by atoms with Gasteiger partial charge in [-0.05, 0) is 45.8 Å². The van der Waals surface area contributed by atoms with E-state index in [4.69, 9.17) is 0 Å². The summed E-state index contributed by atoms with van der Waals surface area (Å²) in [4.78, 5) is 0.250. The molecule has 0 saturated heterocycles. The first-order valence-corrected chi connectivity index (χ1v) is 9.79. The van der Waals surface area contributed by atoms with E-state index in [0.717, 1.165) is 14.5 Å². The van der Waals surface area contributed by atoms with Crippen LogP contribution in [0.2, 0.25) is 0 Å². The molecule has 0 N–H and O–H groups in total. The topological polar surface area (TPSA) is 37.4 Å². The summed E-state index contributed by atoms with van der Waals surface area (Å²) < 4.78 is 28.9. The van der Waals surface area contributed by atoms with Crippen molar-refractivity contribution in [2.45, 2.75) is 11.4 Å². The highest BCUT2D eigenvalue weighted by molar-refractivity contribution is 9.11. The molecule has 0 saturated carbocycles. The molecule has 0 heterocycles. The lowest BCUT2D eigenvalue weighted by atomic mass is 10.2. The molecular weight excluding hydrogens is 486 g/mol. The second kappa shape index (κ2) is 6.91. The molecule has 3 nitrogen and oxygen atoms in total. The maximum atomic E-state index is 12.6. The van der Waals surface area contributed by atoms with E-state index in [1.165, 1.54) is 4.31 Å². The summed E-state index contributed by atoms with van der Waals surface area (Å²) in [7, 11) is -1.98. The quantitative estimate of drug-likeness (QED) is 0.608. The summed E-state index contributed by atoms with van der Waals surface area (Å²) in [6, 6.07) is 12.6. The lowest BCUT2D eigenvalue weighted by Crippen LogP contribution is -2.27. The summed E-state index contributed by atoms with van der Waals surface area (Å²) in [6.45, 7) is 0.298. The molecule has 0 aliphatic carbocycles. The van der Waals surface area contributed by atoms with Crippen LogP contribution in [-0.4, -0.2) is 19.8 Å². The summed E-state index contributed by atoms with van der Waals surface area (Å²) in [5, 5.41) is 0. The zero-order chi connectivity index (χ0) is 15.6. The summed E-state index contributed by atoms with van der Waals surface area (Å²) in [5.74, 6) is 0. The van der Waals surface area contributed by atoms with Gasteiger partial charge in [0.2, 0.25) is 10.0 Å². The molecule has 0 fully saturated rings. The number of sulfonamides is 1. The fraction of sp³-hybridized carbons (Fsp3) is 0.143. The lowest BCUT2D eigenvalue weighted by molar-refractivity contribution is 0.465. The molecule has 0 aliphatic heterocycles. The number of hydrogen-bond donors (Lipinski definition) is 0. The zero-order valence-electron chi connectivity index (χ0n) is 11.1. The minimum absolute atomic E-state index is 0.250. The molecule has 7 heteroatoms. The maximum absolute atomic E-state index is 12.6. The predicted octanol–water partition coefficient (Wildman–Crippen LogP) is 4.79. The fourth-order valence-corrected chi connectivity index (χ4v) is 5.06. The first-order chi connectivity index (χ1) is 9.82. The van der Waals surface area contributed by atoms with E-state index in [-0.39, 0.29) is 4.90 Å². The van der Waals surface area contributed by atoms with Crippen LogP contribution < -0.4 is 0 Å². The van der Waals surface area contributed by atoms with Crippen LogP contribution in [0.25, 0.3) is 0 Å². The van der Waals surface area contributed by atoms with Gasteiger partial charge in [-0.15, -0.1) is 0 Å². The molecule has 0 unspecified atom stereocenters. The van der Waals surface area contributed by atoms with Gasteiger partial charge in [-0.2, -0.15) is 4.31 Å². The number of halogens is 3. The van der Waals surface area contributed by atoms with Crippen molar-refractivity contribution < 1.29 is 8.42 Å². The average molecular weight is 498 g/mol. The molecule has 0 bridgehead atoms. The number of benzene rings is 2. The number of rotatable bonds is 4. The molecule has 112 valence electrons. The Morgan fingerprint density at radius 3 is 2.29 bits per heavy atom. The van der Waals surface area contributed by atoms with Crippen molar-refractivity contribution in [2.24, 2.45) is 0 Å². The van der Waals surface area contributed by atoms with Crippen LogP contribution in [0.4, 0.5) is 0 Å². The Balaban J connectivity index is 2.33. The van der Waals surface area contributed by atoms with E-state index in [1.807, 2.05) is 24.3 Å². The molecule has 0 aliphatic rings. The maximum Gasteiger partial charge on any atom is 0.244 e. The Morgan fingerprint density at radius 1 is 1.00 bits per heavy atom. The highest BCUT2D eigenvalue weighted by Gasteiger charge is 2.24. The van der Waals surface area contributed by atoms with Gasteiger partial charge in [0.1, 0.15) is 0 Å². The third-order valence-corrected chi connectivity index (χ3v) is 6.98. The fourth-order valence-electron chi connectivity index (χ4n) is 1.80. The molecule has 0 aromatic heterocycles. The van der Waals surface area contributed by atoms with E-state index in [9.17, 15) is 8.42 Å². The molecule has 0 amide bonds. The van der Waals surface area contributed by atoms with E-state index in [1.54, 1.807) is 25.2 Å². The molecular formula is C14H12Br3NO2S. The third-order valence-electron chi connectivity index (χ3n) is 2.93. The van der Waals surface area contributed by atoms with Gasteiger partial charge in [-0.1, -0.05) is 50.1 Å².